The second-order valence-corrected chi connectivity index (χ2v) is 9.68. The van der Waals surface area contributed by atoms with Crippen molar-refractivity contribution in [3.63, 3.8) is 0 Å². The van der Waals surface area contributed by atoms with Crippen molar-refractivity contribution in [2.24, 2.45) is 0 Å². The van der Waals surface area contributed by atoms with Gasteiger partial charge in [-0.05, 0) is 36.8 Å². The standard InChI is InChI=1S/C26H42O5S/c1-4-5-6-7-8-9-10-11-21-12-14-22(15-13-21)24(26(29)31-3)17-16-23(20-27)32-19-18-25(28)30-2/h12-15,23-24,27H,4-11,16-20H2,1-3H3. The van der Waals surface area contributed by atoms with Gasteiger partial charge in [0, 0.05) is 11.0 Å². The first-order valence-electron chi connectivity index (χ1n) is 12.0. The number of methoxy groups -OCH3 is 2. The molecule has 0 radical (unpaired) electrons. The molecule has 0 saturated heterocycles. The van der Waals surface area contributed by atoms with Gasteiger partial charge in [0.2, 0.25) is 0 Å². The number of carbonyl (C=O) groups excluding carboxylic acids is 2. The molecule has 5 nitrogen and oxygen atoms in total. The van der Waals surface area contributed by atoms with Crippen molar-refractivity contribution < 1.29 is 24.2 Å². The molecular weight excluding hydrogens is 424 g/mol. The van der Waals surface area contributed by atoms with Gasteiger partial charge in [0.1, 0.15) is 0 Å². The fourth-order valence-corrected chi connectivity index (χ4v) is 4.78. The van der Waals surface area contributed by atoms with E-state index in [1.54, 1.807) is 0 Å². The maximum absolute atomic E-state index is 12.4. The first-order valence-corrected chi connectivity index (χ1v) is 13.1. The lowest BCUT2D eigenvalue weighted by Gasteiger charge is -2.19. The SMILES string of the molecule is CCCCCCCCCc1ccc(C(CCC(CO)SCCC(=O)OC)C(=O)OC)cc1. The Bertz CT molecular complexity index is 632. The number of carbonyl (C=O) groups is 2. The van der Waals surface area contributed by atoms with E-state index in [-0.39, 0.29) is 29.7 Å². The van der Waals surface area contributed by atoms with E-state index in [2.05, 4.69) is 23.8 Å². The highest BCUT2D eigenvalue weighted by Crippen LogP contribution is 2.27. The van der Waals surface area contributed by atoms with Crippen LogP contribution in [0.2, 0.25) is 0 Å². The van der Waals surface area contributed by atoms with Crippen LogP contribution < -0.4 is 0 Å². The topological polar surface area (TPSA) is 72.8 Å². The van der Waals surface area contributed by atoms with E-state index in [0.29, 0.717) is 25.0 Å². The highest BCUT2D eigenvalue weighted by atomic mass is 32.2. The van der Waals surface area contributed by atoms with Gasteiger partial charge >= 0.3 is 11.9 Å². The van der Waals surface area contributed by atoms with Crippen LogP contribution in [0.25, 0.3) is 0 Å². The zero-order valence-electron chi connectivity index (χ0n) is 20.1. The Labute approximate surface area is 198 Å². The van der Waals surface area contributed by atoms with Crippen LogP contribution in [0.3, 0.4) is 0 Å². The molecule has 32 heavy (non-hydrogen) atoms. The maximum atomic E-state index is 12.4. The van der Waals surface area contributed by atoms with Crippen LogP contribution in [0.1, 0.15) is 88.2 Å². The predicted octanol–water partition coefficient (Wildman–Crippen LogP) is 5.67. The molecule has 1 aromatic carbocycles. The Morgan fingerprint density at radius 3 is 2.19 bits per heavy atom. The van der Waals surface area contributed by atoms with Crippen LogP contribution in [-0.2, 0) is 25.5 Å². The number of ether oxygens (including phenoxy) is 2. The Kier molecular flexibility index (Phi) is 16.0. The largest absolute Gasteiger partial charge is 0.469 e. The molecule has 0 heterocycles. The van der Waals surface area contributed by atoms with Gasteiger partial charge in [0.05, 0.1) is 33.2 Å². The summed E-state index contributed by atoms with van der Waals surface area (Å²) in [7, 11) is 2.79. The Hall–Kier alpha value is -1.53. The third-order valence-corrected chi connectivity index (χ3v) is 7.10. The summed E-state index contributed by atoms with van der Waals surface area (Å²) in [6.07, 6.45) is 11.7. The molecule has 0 aromatic heterocycles. The smallest absolute Gasteiger partial charge is 0.313 e. The summed E-state index contributed by atoms with van der Waals surface area (Å²) < 4.78 is 9.69. The van der Waals surface area contributed by atoms with Crippen molar-refractivity contribution in [1.29, 1.82) is 0 Å². The van der Waals surface area contributed by atoms with Gasteiger partial charge in [-0.1, -0.05) is 69.7 Å². The van der Waals surface area contributed by atoms with Crippen molar-refractivity contribution in [2.75, 3.05) is 26.6 Å². The number of aryl methyl sites for hydroxylation is 1. The van der Waals surface area contributed by atoms with Gasteiger partial charge in [-0.25, -0.2) is 0 Å². The summed E-state index contributed by atoms with van der Waals surface area (Å²) in [5.74, 6) is -0.254. The zero-order valence-corrected chi connectivity index (χ0v) is 21.0. The molecule has 1 aromatic rings. The van der Waals surface area contributed by atoms with Crippen LogP contribution in [0, 0.1) is 0 Å². The summed E-state index contributed by atoms with van der Waals surface area (Å²) in [5, 5.41) is 9.65. The summed E-state index contributed by atoms with van der Waals surface area (Å²) in [6, 6.07) is 8.32. The summed E-state index contributed by atoms with van der Waals surface area (Å²) >= 11 is 1.54. The van der Waals surface area contributed by atoms with E-state index in [9.17, 15) is 14.7 Å². The van der Waals surface area contributed by atoms with E-state index in [4.69, 9.17) is 4.74 Å². The first kappa shape index (κ1) is 28.5. The van der Waals surface area contributed by atoms with Crippen LogP contribution in [0.4, 0.5) is 0 Å². The molecule has 0 bridgehead atoms. The highest BCUT2D eigenvalue weighted by molar-refractivity contribution is 7.99. The summed E-state index contributed by atoms with van der Waals surface area (Å²) in [4.78, 5) is 23.7. The number of thioether (sulfide) groups is 1. The molecule has 0 saturated carbocycles. The van der Waals surface area contributed by atoms with E-state index in [1.165, 1.54) is 76.5 Å². The zero-order chi connectivity index (χ0) is 23.6. The molecule has 1 N–H and O–H groups in total. The van der Waals surface area contributed by atoms with Crippen molar-refractivity contribution in [2.45, 2.75) is 88.7 Å². The molecule has 0 aliphatic heterocycles. The third kappa shape index (κ3) is 11.9. The van der Waals surface area contributed by atoms with E-state index < -0.39 is 0 Å². The molecule has 0 aliphatic carbocycles. The molecule has 0 spiro atoms. The third-order valence-electron chi connectivity index (χ3n) is 5.81. The molecule has 0 amide bonds. The molecule has 182 valence electrons. The lowest BCUT2D eigenvalue weighted by molar-refractivity contribution is -0.142. The predicted molar refractivity (Wildman–Crippen MR) is 132 cm³/mol. The Morgan fingerprint density at radius 1 is 0.938 bits per heavy atom. The van der Waals surface area contributed by atoms with Gasteiger partial charge in [-0.15, -0.1) is 0 Å². The molecule has 2 atom stereocenters. The van der Waals surface area contributed by atoms with E-state index >= 15 is 0 Å². The molecular formula is C26H42O5S. The number of hydrogen-bond donors (Lipinski definition) is 1. The number of unbranched alkanes of at least 4 members (excludes halogenated alkanes) is 6. The minimum Gasteiger partial charge on any atom is -0.469 e. The number of aliphatic hydroxyl groups is 1. The lowest BCUT2D eigenvalue weighted by Crippen LogP contribution is -2.18. The number of aliphatic hydroxyl groups excluding tert-OH is 1. The molecule has 6 heteroatoms. The van der Waals surface area contributed by atoms with Crippen molar-refractivity contribution >= 4 is 23.7 Å². The number of hydrogen-bond acceptors (Lipinski definition) is 6. The molecule has 1 rings (SSSR count). The van der Waals surface area contributed by atoms with E-state index in [1.807, 2.05) is 12.1 Å². The lowest BCUT2D eigenvalue weighted by atomic mass is 9.92. The second kappa shape index (κ2) is 18.0. The van der Waals surface area contributed by atoms with Gasteiger partial charge in [-0.3, -0.25) is 9.59 Å². The summed E-state index contributed by atoms with van der Waals surface area (Å²) in [5.41, 5.74) is 2.26. The van der Waals surface area contributed by atoms with Crippen LogP contribution in [0.15, 0.2) is 24.3 Å². The minimum atomic E-state index is -0.345. The van der Waals surface area contributed by atoms with Crippen molar-refractivity contribution in [3.05, 3.63) is 35.4 Å². The van der Waals surface area contributed by atoms with Crippen molar-refractivity contribution in [1.82, 2.24) is 0 Å². The van der Waals surface area contributed by atoms with Crippen LogP contribution in [0.5, 0.6) is 0 Å². The number of rotatable bonds is 18. The van der Waals surface area contributed by atoms with Crippen molar-refractivity contribution in [3.8, 4) is 0 Å². The van der Waals surface area contributed by atoms with Gasteiger partial charge in [0.25, 0.3) is 0 Å². The average Bonchev–Trinajstić information content (AvgIpc) is 2.82. The Balaban J connectivity index is 2.52. The molecule has 2 unspecified atom stereocenters. The molecule has 0 fully saturated rings. The van der Waals surface area contributed by atoms with Gasteiger partial charge in [0.15, 0.2) is 0 Å². The molecule has 0 aliphatic rings. The normalized spacial score (nSPS) is 12.9. The van der Waals surface area contributed by atoms with E-state index in [0.717, 1.165) is 12.0 Å². The first-order chi connectivity index (χ1) is 15.5. The monoisotopic (exact) mass is 466 g/mol. The average molecular weight is 467 g/mol. The quantitative estimate of drug-likeness (QED) is 0.222. The highest BCUT2D eigenvalue weighted by Gasteiger charge is 2.23. The number of benzene rings is 1. The maximum Gasteiger partial charge on any atom is 0.313 e. The number of esters is 2. The second-order valence-electron chi connectivity index (χ2n) is 8.27. The fourth-order valence-electron chi connectivity index (χ4n) is 3.76. The summed E-state index contributed by atoms with van der Waals surface area (Å²) in [6.45, 7) is 2.25. The minimum absolute atomic E-state index is 0.0110. The van der Waals surface area contributed by atoms with Crippen LogP contribution >= 0.6 is 11.8 Å². The van der Waals surface area contributed by atoms with Gasteiger partial charge < -0.3 is 14.6 Å². The van der Waals surface area contributed by atoms with Crippen LogP contribution in [-0.4, -0.2) is 48.9 Å². The fraction of sp³-hybridized carbons (Fsp3) is 0.692. The Morgan fingerprint density at radius 2 is 1.59 bits per heavy atom. The van der Waals surface area contributed by atoms with Gasteiger partial charge in [-0.2, -0.15) is 11.8 Å².